The largest absolute Gasteiger partial charge is 0.363 e. The van der Waals surface area contributed by atoms with E-state index in [1.165, 1.54) is 16.8 Å². The zero-order chi connectivity index (χ0) is 14.8. The molecule has 0 radical (unpaired) electrons. The molecule has 0 amide bonds. The van der Waals surface area contributed by atoms with Crippen molar-refractivity contribution < 1.29 is 4.79 Å². The fourth-order valence-electron chi connectivity index (χ4n) is 3.27. The molecular formula is C19H21NO. The number of anilines is 1. The van der Waals surface area contributed by atoms with Crippen LogP contribution < -0.4 is 4.90 Å². The van der Waals surface area contributed by atoms with Gasteiger partial charge in [0.05, 0.1) is 6.04 Å². The summed E-state index contributed by atoms with van der Waals surface area (Å²) in [6, 6.07) is 19.1. The molecule has 2 atom stereocenters. The van der Waals surface area contributed by atoms with Gasteiger partial charge in [0.25, 0.3) is 0 Å². The van der Waals surface area contributed by atoms with Gasteiger partial charge in [0, 0.05) is 18.2 Å². The molecule has 3 rings (SSSR count). The fraction of sp³-hybridized carbons (Fsp3) is 0.316. The van der Waals surface area contributed by atoms with E-state index >= 15 is 0 Å². The van der Waals surface area contributed by atoms with Crippen molar-refractivity contribution in [3.63, 3.8) is 0 Å². The summed E-state index contributed by atoms with van der Waals surface area (Å²) in [5.41, 5.74) is 3.88. The number of carbonyl (C=O) groups is 1. The second kappa shape index (κ2) is 5.72. The van der Waals surface area contributed by atoms with E-state index in [2.05, 4.69) is 53.4 Å². The van der Waals surface area contributed by atoms with Crippen LogP contribution in [0, 0.1) is 5.92 Å². The van der Waals surface area contributed by atoms with E-state index in [0.717, 1.165) is 13.0 Å². The zero-order valence-electron chi connectivity index (χ0n) is 12.6. The summed E-state index contributed by atoms with van der Waals surface area (Å²) in [6.45, 7) is 4.71. The van der Waals surface area contributed by atoms with Gasteiger partial charge in [-0.2, -0.15) is 0 Å². The Morgan fingerprint density at radius 1 is 1.10 bits per heavy atom. The Morgan fingerprint density at radius 3 is 2.48 bits per heavy atom. The van der Waals surface area contributed by atoms with Crippen molar-refractivity contribution >= 4 is 11.5 Å². The first-order valence-electron chi connectivity index (χ1n) is 7.58. The molecule has 2 aromatic carbocycles. The quantitative estimate of drug-likeness (QED) is 0.846. The molecule has 21 heavy (non-hydrogen) atoms. The highest BCUT2D eigenvalue weighted by molar-refractivity contribution is 5.80. The van der Waals surface area contributed by atoms with Crippen molar-refractivity contribution in [2.24, 2.45) is 5.92 Å². The van der Waals surface area contributed by atoms with Crippen LogP contribution in [0.3, 0.4) is 0 Å². The van der Waals surface area contributed by atoms with Crippen molar-refractivity contribution in [2.45, 2.75) is 26.3 Å². The number of carbonyl (C=O) groups excluding carboxylic acids is 1. The molecule has 1 heterocycles. The summed E-state index contributed by atoms with van der Waals surface area (Å²) in [4.78, 5) is 14.4. The minimum Gasteiger partial charge on any atom is -0.363 e. The standard InChI is InChI=1S/C19H21NO/c1-14(15(2)21)19-18-11-7-6-8-16(18)12-13-20(19)17-9-4-3-5-10-17/h3-11,14,19H,12-13H2,1-2H3/t14-,19-/m0/s1. The van der Waals surface area contributed by atoms with Crippen LogP contribution in [0.1, 0.15) is 31.0 Å². The van der Waals surface area contributed by atoms with Gasteiger partial charge in [-0.25, -0.2) is 0 Å². The number of rotatable bonds is 3. The molecule has 0 aliphatic carbocycles. The summed E-state index contributed by atoms with van der Waals surface area (Å²) in [7, 11) is 0. The molecule has 0 spiro atoms. The van der Waals surface area contributed by atoms with Crippen LogP contribution in [0.25, 0.3) is 0 Å². The van der Waals surface area contributed by atoms with E-state index < -0.39 is 0 Å². The number of hydrogen-bond donors (Lipinski definition) is 0. The lowest BCUT2D eigenvalue weighted by molar-refractivity contribution is -0.120. The Morgan fingerprint density at radius 2 is 1.76 bits per heavy atom. The first-order chi connectivity index (χ1) is 10.2. The summed E-state index contributed by atoms with van der Waals surface area (Å²) >= 11 is 0. The van der Waals surface area contributed by atoms with Crippen LogP contribution >= 0.6 is 0 Å². The summed E-state index contributed by atoms with van der Waals surface area (Å²) in [6.07, 6.45) is 1.03. The SMILES string of the molecule is CC(=O)[C@H](C)[C@H]1c2ccccc2CCN1c1ccccc1. The summed E-state index contributed by atoms with van der Waals surface area (Å²) in [5, 5.41) is 0. The highest BCUT2D eigenvalue weighted by Crippen LogP contribution is 2.38. The molecule has 0 N–H and O–H groups in total. The van der Waals surface area contributed by atoms with Gasteiger partial charge in [0.2, 0.25) is 0 Å². The second-order valence-electron chi connectivity index (χ2n) is 5.82. The third kappa shape index (κ3) is 2.58. The first-order valence-corrected chi connectivity index (χ1v) is 7.58. The maximum atomic E-state index is 12.0. The van der Waals surface area contributed by atoms with Gasteiger partial charge >= 0.3 is 0 Å². The Balaban J connectivity index is 2.07. The first kappa shape index (κ1) is 13.9. The molecule has 0 saturated heterocycles. The maximum absolute atomic E-state index is 12.0. The molecule has 0 bridgehead atoms. The van der Waals surface area contributed by atoms with Gasteiger partial charge in [-0.05, 0) is 36.6 Å². The molecule has 0 fully saturated rings. The predicted octanol–water partition coefficient (Wildman–Crippen LogP) is 4.02. The molecule has 0 saturated carbocycles. The normalized spacial score (nSPS) is 19.0. The fourth-order valence-corrected chi connectivity index (χ4v) is 3.27. The van der Waals surface area contributed by atoms with Gasteiger partial charge < -0.3 is 4.90 Å². The number of Topliss-reactive ketones (excluding diaryl/α,β-unsaturated/α-hetero) is 1. The van der Waals surface area contributed by atoms with E-state index in [-0.39, 0.29) is 17.7 Å². The van der Waals surface area contributed by atoms with Crippen molar-refractivity contribution in [1.82, 2.24) is 0 Å². The van der Waals surface area contributed by atoms with Crippen LogP contribution in [0.5, 0.6) is 0 Å². The van der Waals surface area contributed by atoms with Crippen LogP contribution in [-0.2, 0) is 11.2 Å². The smallest absolute Gasteiger partial charge is 0.135 e. The van der Waals surface area contributed by atoms with E-state index in [0.29, 0.717) is 0 Å². The molecule has 108 valence electrons. The maximum Gasteiger partial charge on any atom is 0.135 e. The molecule has 0 unspecified atom stereocenters. The van der Waals surface area contributed by atoms with Crippen molar-refractivity contribution in [2.75, 3.05) is 11.4 Å². The van der Waals surface area contributed by atoms with Crippen molar-refractivity contribution in [3.05, 3.63) is 65.7 Å². The highest BCUT2D eigenvalue weighted by atomic mass is 16.1. The van der Waals surface area contributed by atoms with Crippen LogP contribution in [0.4, 0.5) is 5.69 Å². The van der Waals surface area contributed by atoms with Gasteiger partial charge in [0.15, 0.2) is 0 Å². The Hall–Kier alpha value is -2.09. The van der Waals surface area contributed by atoms with Crippen LogP contribution in [-0.4, -0.2) is 12.3 Å². The number of para-hydroxylation sites is 1. The Bertz CT molecular complexity index is 635. The molecule has 0 aromatic heterocycles. The van der Waals surface area contributed by atoms with Gasteiger partial charge in [-0.1, -0.05) is 49.4 Å². The number of hydrogen-bond acceptors (Lipinski definition) is 2. The van der Waals surface area contributed by atoms with Gasteiger partial charge in [-0.3, -0.25) is 4.79 Å². The van der Waals surface area contributed by atoms with E-state index in [9.17, 15) is 4.79 Å². The van der Waals surface area contributed by atoms with Gasteiger partial charge in [-0.15, -0.1) is 0 Å². The number of nitrogens with zero attached hydrogens (tertiary/aromatic N) is 1. The molecule has 1 aliphatic rings. The summed E-state index contributed by atoms with van der Waals surface area (Å²) < 4.78 is 0. The van der Waals surface area contributed by atoms with Crippen LogP contribution in [0.2, 0.25) is 0 Å². The third-order valence-corrected chi connectivity index (χ3v) is 4.53. The lowest BCUT2D eigenvalue weighted by Crippen LogP contribution is -2.40. The molecule has 2 aromatic rings. The average molecular weight is 279 g/mol. The zero-order valence-corrected chi connectivity index (χ0v) is 12.6. The molecule has 2 nitrogen and oxygen atoms in total. The van der Waals surface area contributed by atoms with Gasteiger partial charge in [0.1, 0.15) is 5.78 Å². The van der Waals surface area contributed by atoms with E-state index in [1.807, 2.05) is 13.0 Å². The van der Waals surface area contributed by atoms with Crippen molar-refractivity contribution in [3.8, 4) is 0 Å². The Kier molecular flexibility index (Phi) is 3.78. The van der Waals surface area contributed by atoms with Crippen molar-refractivity contribution in [1.29, 1.82) is 0 Å². The van der Waals surface area contributed by atoms with E-state index in [4.69, 9.17) is 0 Å². The molecule has 1 aliphatic heterocycles. The van der Waals surface area contributed by atoms with E-state index in [1.54, 1.807) is 6.92 Å². The number of ketones is 1. The number of fused-ring (bicyclic) bond motifs is 1. The predicted molar refractivity (Wildman–Crippen MR) is 86.5 cm³/mol. The highest BCUT2D eigenvalue weighted by Gasteiger charge is 2.33. The summed E-state index contributed by atoms with van der Waals surface area (Å²) in [5.74, 6) is 0.240. The third-order valence-electron chi connectivity index (χ3n) is 4.53. The lowest BCUT2D eigenvalue weighted by atomic mass is 9.83. The minimum atomic E-state index is -0.00773. The Labute approximate surface area is 126 Å². The second-order valence-corrected chi connectivity index (χ2v) is 5.82. The topological polar surface area (TPSA) is 20.3 Å². The lowest BCUT2D eigenvalue weighted by Gasteiger charge is -2.41. The average Bonchev–Trinajstić information content (AvgIpc) is 2.53. The monoisotopic (exact) mass is 279 g/mol. The van der Waals surface area contributed by atoms with Crippen LogP contribution in [0.15, 0.2) is 54.6 Å². The minimum absolute atomic E-state index is 0.00773. The number of benzene rings is 2. The molecule has 2 heteroatoms. The molecular weight excluding hydrogens is 258 g/mol.